The molecule has 0 radical (unpaired) electrons. The molecule has 2 heterocycles. The van der Waals surface area contributed by atoms with Crippen LogP contribution in [0.2, 0.25) is 0 Å². The zero-order valence-electron chi connectivity index (χ0n) is 12.6. The summed E-state index contributed by atoms with van der Waals surface area (Å²) in [4.78, 5) is 0. The number of hydrogen-bond acceptors (Lipinski definition) is 5. The number of methoxy groups -OCH3 is 2. The van der Waals surface area contributed by atoms with Crippen molar-refractivity contribution in [3.63, 3.8) is 0 Å². The third kappa shape index (κ3) is 2.79. The maximum absolute atomic E-state index is 5.85. The van der Waals surface area contributed by atoms with Crippen molar-refractivity contribution in [1.29, 1.82) is 0 Å². The summed E-state index contributed by atoms with van der Waals surface area (Å²) in [6.45, 7) is 2.65. The van der Waals surface area contributed by atoms with Crippen LogP contribution in [0.1, 0.15) is 30.3 Å². The van der Waals surface area contributed by atoms with Crippen molar-refractivity contribution < 1.29 is 23.7 Å². The van der Waals surface area contributed by atoms with E-state index in [2.05, 4.69) is 12.1 Å². The van der Waals surface area contributed by atoms with E-state index in [-0.39, 0.29) is 11.9 Å². The van der Waals surface area contributed by atoms with E-state index < -0.39 is 0 Å². The Morgan fingerprint density at radius 3 is 2.38 bits per heavy atom. The molecule has 21 heavy (non-hydrogen) atoms. The van der Waals surface area contributed by atoms with E-state index in [1.807, 2.05) is 6.07 Å². The van der Waals surface area contributed by atoms with Gasteiger partial charge in [-0.05, 0) is 17.7 Å². The molecule has 1 aromatic carbocycles. The lowest BCUT2D eigenvalue weighted by molar-refractivity contribution is -0.0952. The van der Waals surface area contributed by atoms with E-state index in [0.717, 1.165) is 29.7 Å². The first-order valence-corrected chi connectivity index (χ1v) is 7.33. The molecule has 1 aromatic rings. The molecule has 2 aliphatic rings. The third-order valence-corrected chi connectivity index (χ3v) is 4.32. The first kappa shape index (κ1) is 14.8. The predicted octanol–water partition coefficient (Wildman–Crippen LogP) is 2.39. The first-order chi connectivity index (χ1) is 10.3. The van der Waals surface area contributed by atoms with Gasteiger partial charge in [-0.15, -0.1) is 0 Å². The lowest BCUT2D eigenvalue weighted by atomic mass is 9.85. The summed E-state index contributed by atoms with van der Waals surface area (Å²) >= 11 is 0. The molecule has 2 aliphatic heterocycles. The van der Waals surface area contributed by atoms with Gasteiger partial charge in [0.1, 0.15) is 5.75 Å². The molecule has 0 spiro atoms. The van der Waals surface area contributed by atoms with Crippen molar-refractivity contribution in [3.8, 4) is 5.75 Å². The van der Waals surface area contributed by atoms with Crippen molar-refractivity contribution in [2.75, 3.05) is 40.6 Å². The highest BCUT2D eigenvalue weighted by molar-refractivity contribution is 5.40. The summed E-state index contributed by atoms with van der Waals surface area (Å²) in [6, 6.07) is 6.11. The van der Waals surface area contributed by atoms with E-state index in [1.165, 1.54) is 0 Å². The standard InChI is InChI=1S/C16H22O5/c1-17-14-4-3-12(11-13(14)15-20-9-10-21-15)16(18-2)5-7-19-8-6-16/h3-4,11,15H,5-10H2,1-2H3. The van der Waals surface area contributed by atoms with Crippen LogP contribution in [0.3, 0.4) is 0 Å². The van der Waals surface area contributed by atoms with Gasteiger partial charge in [-0.25, -0.2) is 0 Å². The van der Waals surface area contributed by atoms with Gasteiger partial charge in [0.05, 0.1) is 31.5 Å². The zero-order valence-corrected chi connectivity index (χ0v) is 12.6. The van der Waals surface area contributed by atoms with E-state index in [1.54, 1.807) is 14.2 Å². The second kappa shape index (κ2) is 6.32. The Labute approximate surface area is 125 Å². The number of ether oxygens (including phenoxy) is 5. The van der Waals surface area contributed by atoms with E-state index in [9.17, 15) is 0 Å². The van der Waals surface area contributed by atoms with E-state index in [4.69, 9.17) is 23.7 Å². The Bertz CT molecular complexity index is 476. The summed E-state index contributed by atoms with van der Waals surface area (Å²) in [7, 11) is 3.42. The summed E-state index contributed by atoms with van der Waals surface area (Å²) in [5, 5.41) is 0. The van der Waals surface area contributed by atoms with Gasteiger partial charge >= 0.3 is 0 Å². The van der Waals surface area contributed by atoms with Gasteiger partial charge in [-0.3, -0.25) is 0 Å². The highest BCUT2D eigenvalue weighted by Crippen LogP contribution is 2.40. The molecule has 2 saturated heterocycles. The smallest absolute Gasteiger partial charge is 0.187 e. The number of rotatable bonds is 4. The molecule has 0 amide bonds. The van der Waals surface area contributed by atoms with Crippen molar-refractivity contribution in [2.45, 2.75) is 24.7 Å². The van der Waals surface area contributed by atoms with Crippen molar-refractivity contribution >= 4 is 0 Å². The second-order valence-corrected chi connectivity index (χ2v) is 5.34. The van der Waals surface area contributed by atoms with Gasteiger partial charge in [0.2, 0.25) is 0 Å². The summed E-state index contributed by atoms with van der Waals surface area (Å²) in [5.74, 6) is 0.781. The number of hydrogen-bond donors (Lipinski definition) is 0. The van der Waals surface area contributed by atoms with Crippen LogP contribution in [0, 0.1) is 0 Å². The predicted molar refractivity (Wildman–Crippen MR) is 76.4 cm³/mol. The fourth-order valence-electron chi connectivity index (χ4n) is 3.05. The fourth-order valence-corrected chi connectivity index (χ4v) is 3.05. The van der Waals surface area contributed by atoms with Gasteiger partial charge < -0.3 is 23.7 Å². The van der Waals surface area contributed by atoms with Gasteiger partial charge in [-0.1, -0.05) is 6.07 Å². The highest BCUT2D eigenvalue weighted by Gasteiger charge is 2.36. The monoisotopic (exact) mass is 294 g/mol. The Balaban J connectivity index is 1.96. The van der Waals surface area contributed by atoms with Gasteiger partial charge in [0.15, 0.2) is 6.29 Å². The minimum absolute atomic E-state index is 0.294. The quantitative estimate of drug-likeness (QED) is 0.853. The van der Waals surface area contributed by atoms with Crippen LogP contribution >= 0.6 is 0 Å². The maximum Gasteiger partial charge on any atom is 0.187 e. The Morgan fingerprint density at radius 1 is 1.05 bits per heavy atom. The minimum Gasteiger partial charge on any atom is -0.496 e. The van der Waals surface area contributed by atoms with Crippen LogP contribution in [0.5, 0.6) is 5.75 Å². The number of benzene rings is 1. The lowest BCUT2D eigenvalue weighted by Crippen LogP contribution is -2.35. The van der Waals surface area contributed by atoms with Crippen LogP contribution in [0.25, 0.3) is 0 Å². The summed E-state index contributed by atoms with van der Waals surface area (Å²) < 4.78 is 28.0. The zero-order chi connectivity index (χ0) is 14.7. The molecular weight excluding hydrogens is 272 g/mol. The van der Waals surface area contributed by atoms with Gasteiger partial charge in [0.25, 0.3) is 0 Å². The molecule has 0 atom stereocenters. The summed E-state index contributed by atoms with van der Waals surface area (Å²) in [5.41, 5.74) is 1.76. The van der Waals surface area contributed by atoms with Crippen LogP contribution in [-0.2, 0) is 24.5 Å². The van der Waals surface area contributed by atoms with Gasteiger partial charge in [-0.2, -0.15) is 0 Å². The molecule has 5 nitrogen and oxygen atoms in total. The van der Waals surface area contributed by atoms with Crippen LogP contribution in [0.4, 0.5) is 0 Å². The Morgan fingerprint density at radius 2 is 1.76 bits per heavy atom. The Kier molecular flexibility index (Phi) is 4.45. The third-order valence-electron chi connectivity index (χ3n) is 4.32. The van der Waals surface area contributed by atoms with Gasteiger partial charge in [0, 0.05) is 33.2 Å². The average Bonchev–Trinajstić information content (AvgIpc) is 3.09. The molecule has 0 unspecified atom stereocenters. The van der Waals surface area contributed by atoms with Crippen molar-refractivity contribution in [1.82, 2.24) is 0 Å². The molecule has 0 bridgehead atoms. The molecule has 5 heteroatoms. The largest absolute Gasteiger partial charge is 0.496 e. The summed E-state index contributed by atoms with van der Waals surface area (Å²) in [6.07, 6.45) is 1.34. The maximum atomic E-state index is 5.85. The fraction of sp³-hybridized carbons (Fsp3) is 0.625. The van der Waals surface area contributed by atoms with Crippen molar-refractivity contribution in [2.24, 2.45) is 0 Å². The second-order valence-electron chi connectivity index (χ2n) is 5.34. The molecular formula is C16H22O5. The molecule has 0 saturated carbocycles. The molecule has 0 aliphatic carbocycles. The topological polar surface area (TPSA) is 46.2 Å². The first-order valence-electron chi connectivity index (χ1n) is 7.33. The van der Waals surface area contributed by atoms with E-state index >= 15 is 0 Å². The highest BCUT2D eigenvalue weighted by atomic mass is 16.7. The average molecular weight is 294 g/mol. The van der Waals surface area contributed by atoms with E-state index in [0.29, 0.717) is 26.4 Å². The molecule has 116 valence electrons. The molecule has 0 N–H and O–H groups in total. The Hall–Kier alpha value is -1.14. The molecule has 2 fully saturated rings. The van der Waals surface area contributed by atoms with Crippen LogP contribution in [0.15, 0.2) is 18.2 Å². The molecule has 3 rings (SSSR count). The van der Waals surface area contributed by atoms with Crippen LogP contribution in [-0.4, -0.2) is 40.6 Å². The molecule has 0 aromatic heterocycles. The normalized spacial score (nSPS) is 22.4. The van der Waals surface area contributed by atoms with Crippen molar-refractivity contribution in [3.05, 3.63) is 29.3 Å². The lowest BCUT2D eigenvalue weighted by Gasteiger charge is -2.36. The van der Waals surface area contributed by atoms with Crippen LogP contribution < -0.4 is 4.74 Å². The SMILES string of the molecule is COc1ccc(C2(OC)CCOCC2)cc1C1OCCO1. The minimum atomic E-state index is -0.353.